The average molecular weight is 270 g/mol. The van der Waals surface area contributed by atoms with E-state index >= 15 is 0 Å². The van der Waals surface area contributed by atoms with E-state index in [4.69, 9.17) is 0 Å². The van der Waals surface area contributed by atoms with Crippen molar-refractivity contribution in [1.29, 1.82) is 0 Å². The van der Waals surface area contributed by atoms with Crippen LogP contribution in [-0.2, 0) is 0 Å². The monoisotopic (exact) mass is 270 g/mol. The van der Waals surface area contributed by atoms with E-state index in [1.807, 2.05) is 18.3 Å². The van der Waals surface area contributed by atoms with Gasteiger partial charge in [-0.1, -0.05) is 66.7 Å². The third-order valence-corrected chi connectivity index (χ3v) is 3.77. The molecule has 0 bridgehead atoms. The highest BCUT2D eigenvalue weighted by Crippen LogP contribution is 2.39. The van der Waals surface area contributed by atoms with Gasteiger partial charge in [0, 0.05) is 16.7 Å². The minimum absolute atomic E-state index is 1.04. The Morgan fingerprint density at radius 2 is 1.43 bits per heavy atom. The summed E-state index contributed by atoms with van der Waals surface area (Å²) in [5.74, 6) is 0. The molecule has 2 heteroatoms. The Kier molecular flexibility index (Phi) is 2.79. The maximum atomic E-state index is 4.31. The Labute approximate surface area is 123 Å². The molecule has 1 aliphatic heterocycles. The Morgan fingerprint density at radius 1 is 0.667 bits per heavy atom. The first-order chi connectivity index (χ1) is 10.4. The van der Waals surface area contributed by atoms with Crippen LogP contribution in [0.2, 0.25) is 0 Å². The van der Waals surface area contributed by atoms with E-state index in [0.717, 1.165) is 11.3 Å². The fourth-order valence-electron chi connectivity index (χ4n) is 2.81. The molecular formula is C19H14N2. The SMILES string of the molecule is C1=NNc2ccccc2-c2c1cccc2-c1ccccc1. The van der Waals surface area contributed by atoms with E-state index in [9.17, 15) is 0 Å². The topological polar surface area (TPSA) is 24.4 Å². The van der Waals surface area contributed by atoms with Gasteiger partial charge in [-0.3, -0.25) is 5.43 Å². The van der Waals surface area contributed by atoms with E-state index in [2.05, 4.69) is 71.2 Å². The van der Waals surface area contributed by atoms with E-state index < -0.39 is 0 Å². The molecule has 3 aromatic rings. The second-order valence-corrected chi connectivity index (χ2v) is 5.05. The van der Waals surface area contributed by atoms with Crippen LogP contribution in [0.1, 0.15) is 5.56 Å². The van der Waals surface area contributed by atoms with Crippen molar-refractivity contribution in [1.82, 2.24) is 0 Å². The van der Waals surface area contributed by atoms with Crippen LogP contribution in [0, 0.1) is 0 Å². The maximum Gasteiger partial charge on any atom is 0.0640 e. The fraction of sp³-hybridized carbons (Fsp3) is 0. The van der Waals surface area contributed by atoms with Gasteiger partial charge in [-0.15, -0.1) is 0 Å². The highest BCUT2D eigenvalue weighted by Gasteiger charge is 2.16. The molecule has 3 aromatic carbocycles. The number of anilines is 1. The Morgan fingerprint density at radius 3 is 2.33 bits per heavy atom. The molecule has 0 aliphatic carbocycles. The molecule has 0 aromatic heterocycles. The maximum absolute atomic E-state index is 4.31. The van der Waals surface area contributed by atoms with Crippen LogP contribution < -0.4 is 5.43 Å². The first kappa shape index (κ1) is 11.9. The number of para-hydroxylation sites is 1. The first-order valence-corrected chi connectivity index (χ1v) is 7.00. The predicted molar refractivity (Wildman–Crippen MR) is 88.5 cm³/mol. The number of hydrogen-bond donors (Lipinski definition) is 1. The Bertz CT molecular complexity index is 820. The van der Waals surface area contributed by atoms with Gasteiger partial charge in [-0.2, -0.15) is 5.10 Å². The predicted octanol–water partition coefficient (Wildman–Crippen LogP) is 4.78. The molecule has 4 rings (SSSR count). The van der Waals surface area contributed by atoms with E-state index in [-0.39, 0.29) is 0 Å². The summed E-state index contributed by atoms with van der Waals surface area (Å²) < 4.78 is 0. The van der Waals surface area contributed by atoms with Crippen molar-refractivity contribution in [2.75, 3.05) is 5.43 Å². The number of rotatable bonds is 1. The van der Waals surface area contributed by atoms with Crippen molar-refractivity contribution >= 4 is 11.9 Å². The van der Waals surface area contributed by atoms with Gasteiger partial charge in [0.05, 0.1) is 11.9 Å². The van der Waals surface area contributed by atoms with Crippen LogP contribution in [0.4, 0.5) is 5.69 Å². The summed E-state index contributed by atoms with van der Waals surface area (Å²) in [6.07, 6.45) is 1.89. The summed E-state index contributed by atoms with van der Waals surface area (Å²) in [5, 5.41) is 4.31. The summed E-state index contributed by atoms with van der Waals surface area (Å²) in [6.45, 7) is 0. The fourth-order valence-corrected chi connectivity index (χ4v) is 2.81. The molecule has 100 valence electrons. The molecule has 1 heterocycles. The van der Waals surface area contributed by atoms with Gasteiger partial charge in [-0.25, -0.2) is 0 Å². The zero-order valence-electron chi connectivity index (χ0n) is 11.5. The molecule has 21 heavy (non-hydrogen) atoms. The van der Waals surface area contributed by atoms with Crippen molar-refractivity contribution in [3.05, 3.63) is 78.4 Å². The molecule has 0 fully saturated rings. The van der Waals surface area contributed by atoms with Crippen LogP contribution in [0.5, 0.6) is 0 Å². The molecule has 0 unspecified atom stereocenters. The van der Waals surface area contributed by atoms with E-state index in [0.29, 0.717) is 0 Å². The summed E-state index contributed by atoms with van der Waals surface area (Å²) in [4.78, 5) is 0. The Hall–Kier alpha value is -2.87. The summed E-state index contributed by atoms with van der Waals surface area (Å²) in [7, 11) is 0. The molecule has 1 N–H and O–H groups in total. The molecule has 0 amide bonds. The number of benzene rings is 3. The first-order valence-electron chi connectivity index (χ1n) is 7.00. The smallest absolute Gasteiger partial charge is 0.0640 e. The number of nitrogens with zero attached hydrogens (tertiary/aromatic N) is 1. The van der Waals surface area contributed by atoms with Gasteiger partial charge >= 0.3 is 0 Å². The number of nitrogens with one attached hydrogen (secondary N) is 1. The number of fused-ring (bicyclic) bond motifs is 3. The van der Waals surface area contributed by atoms with Crippen molar-refractivity contribution in [3.63, 3.8) is 0 Å². The van der Waals surface area contributed by atoms with Gasteiger partial charge in [0.25, 0.3) is 0 Å². The zero-order valence-corrected chi connectivity index (χ0v) is 11.5. The molecule has 1 aliphatic rings. The average Bonchev–Trinajstić information content (AvgIpc) is 2.75. The minimum Gasteiger partial charge on any atom is -0.278 e. The van der Waals surface area contributed by atoms with Crippen LogP contribution in [-0.4, -0.2) is 6.21 Å². The highest BCUT2D eigenvalue weighted by molar-refractivity contribution is 6.02. The standard InChI is InChI=1S/C19H14N2/c1-2-7-14(8-3-1)16-11-6-9-15-13-20-21-18-12-5-4-10-17(18)19(15)16/h1-13,21H. The molecule has 0 saturated heterocycles. The second-order valence-electron chi connectivity index (χ2n) is 5.05. The minimum atomic E-state index is 1.04. The lowest BCUT2D eigenvalue weighted by Crippen LogP contribution is -1.91. The molecule has 2 nitrogen and oxygen atoms in total. The highest BCUT2D eigenvalue weighted by atomic mass is 15.3. The van der Waals surface area contributed by atoms with Gasteiger partial charge in [0.1, 0.15) is 0 Å². The third-order valence-electron chi connectivity index (χ3n) is 3.77. The lowest BCUT2D eigenvalue weighted by atomic mass is 9.90. The molecule has 0 radical (unpaired) electrons. The summed E-state index contributed by atoms with van der Waals surface area (Å²) in [6, 6.07) is 25.1. The van der Waals surface area contributed by atoms with Crippen LogP contribution in [0.25, 0.3) is 22.3 Å². The van der Waals surface area contributed by atoms with Gasteiger partial charge in [0.2, 0.25) is 0 Å². The van der Waals surface area contributed by atoms with E-state index in [1.165, 1.54) is 22.3 Å². The van der Waals surface area contributed by atoms with Gasteiger partial charge in [0.15, 0.2) is 0 Å². The van der Waals surface area contributed by atoms with Crippen LogP contribution >= 0.6 is 0 Å². The van der Waals surface area contributed by atoms with E-state index in [1.54, 1.807) is 0 Å². The van der Waals surface area contributed by atoms with Crippen LogP contribution in [0.15, 0.2) is 77.9 Å². The largest absolute Gasteiger partial charge is 0.278 e. The van der Waals surface area contributed by atoms with Crippen molar-refractivity contribution < 1.29 is 0 Å². The lowest BCUT2D eigenvalue weighted by molar-refractivity contribution is 1.36. The molecule has 0 saturated carbocycles. The lowest BCUT2D eigenvalue weighted by Gasteiger charge is -2.14. The van der Waals surface area contributed by atoms with Gasteiger partial charge < -0.3 is 0 Å². The van der Waals surface area contributed by atoms with Crippen molar-refractivity contribution in [2.24, 2.45) is 5.10 Å². The summed E-state index contributed by atoms with van der Waals surface area (Å²) >= 11 is 0. The zero-order chi connectivity index (χ0) is 14.1. The third kappa shape index (κ3) is 2.01. The number of hydrazone groups is 1. The van der Waals surface area contributed by atoms with Crippen molar-refractivity contribution in [3.8, 4) is 22.3 Å². The van der Waals surface area contributed by atoms with Gasteiger partial charge in [-0.05, 0) is 17.2 Å². The second kappa shape index (κ2) is 4.91. The van der Waals surface area contributed by atoms with Crippen LogP contribution in [0.3, 0.4) is 0 Å². The molecular weight excluding hydrogens is 256 g/mol. The Balaban J connectivity index is 2.05. The molecule has 0 spiro atoms. The number of hydrogen-bond acceptors (Lipinski definition) is 2. The van der Waals surface area contributed by atoms with Crippen molar-refractivity contribution in [2.45, 2.75) is 0 Å². The normalized spacial score (nSPS) is 12.0. The summed E-state index contributed by atoms with van der Waals surface area (Å²) in [5.41, 5.74) is 10.2. The molecule has 0 atom stereocenters. The quantitative estimate of drug-likeness (QED) is 0.676.